The van der Waals surface area contributed by atoms with E-state index in [4.69, 9.17) is 4.74 Å². The highest BCUT2D eigenvalue weighted by Gasteiger charge is 2.18. The molecule has 1 rings (SSSR count). The van der Waals surface area contributed by atoms with Gasteiger partial charge in [-0.15, -0.1) is 0 Å². The summed E-state index contributed by atoms with van der Waals surface area (Å²) in [5.41, 5.74) is 1.22. The molecular weight excluding hydrogens is 200 g/mol. The van der Waals surface area contributed by atoms with Crippen molar-refractivity contribution in [3.63, 3.8) is 0 Å². The highest BCUT2D eigenvalue weighted by Crippen LogP contribution is 2.15. The molecule has 0 unspecified atom stereocenters. The minimum Gasteiger partial charge on any atom is -0.481 e. The quantitative estimate of drug-likeness (QED) is 0.803. The van der Waals surface area contributed by atoms with Crippen LogP contribution < -0.4 is 10.1 Å². The molecule has 0 atom stereocenters. The van der Waals surface area contributed by atoms with E-state index in [1.54, 1.807) is 7.11 Å². The second-order valence-corrected chi connectivity index (χ2v) is 4.29. The molecule has 0 aliphatic rings. The maximum atomic E-state index is 5.10. The number of pyridine rings is 1. The molecule has 1 aromatic heterocycles. The van der Waals surface area contributed by atoms with Gasteiger partial charge in [0.05, 0.1) is 12.8 Å². The third kappa shape index (κ3) is 3.49. The zero-order valence-electron chi connectivity index (χ0n) is 10.7. The van der Waals surface area contributed by atoms with Crippen molar-refractivity contribution in [2.75, 3.05) is 7.11 Å². The molecule has 0 aromatic carbocycles. The fourth-order valence-electron chi connectivity index (χ4n) is 1.47. The molecule has 0 spiro atoms. The molecule has 16 heavy (non-hydrogen) atoms. The molecular formula is C13H22N2O. The van der Waals surface area contributed by atoms with E-state index in [2.05, 4.69) is 31.1 Å². The van der Waals surface area contributed by atoms with Gasteiger partial charge in [-0.25, -0.2) is 4.98 Å². The molecule has 3 nitrogen and oxygen atoms in total. The van der Waals surface area contributed by atoms with Gasteiger partial charge in [-0.1, -0.05) is 19.9 Å². The minimum atomic E-state index is 0.199. The van der Waals surface area contributed by atoms with Crippen LogP contribution in [-0.2, 0) is 6.54 Å². The number of hydrogen-bond acceptors (Lipinski definition) is 3. The molecule has 3 heteroatoms. The van der Waals surface area contributed by atoms with Gasteiger partial charge in [0.15, 0.2) is 0 Å². The van der Waals surface area contributed by atoms with Crippen molar-refractivity contribution in [3.05, 3.63) is 23.9 Å². The number of hydrogen-bond donors (Lipinski definition) is 1. The molecule has 90 valence electrons. The van der Waals surface area contributed by atoms with Crippen molar-refractivity contribution < 1.29 is 4.74 Å². The van der Waals surface area contributed by atoms with Crippen molar-refractivity contribution in [2.24, 2.45) is 0 Å². The van der Waals surface area contributed by atoms with Crippen LogP contribution in [0.4, 0.5) is 0 Å². The predicted octanol–water partition coefficient (Wildman–Crippen LogP) is 2.76. The van der Waals surface area contributed by atoms with E-state index < -0.39 is 0 Å². The first-order valence-corrected chi connectivity index (χ1v) is 5.88. The lowest BCUT2D eigenvalue weighted by Gasteiger charge is -2.28. The van der Waals surface area contributed by atoms with Crippen LogP contribution in [0.2, 0.25) is 0 Å². The summed E-state index contributed by atoms with van der Waals surface area (Å²) in [5.74, 6) is 0.675. The van der Waals surface area contributed by atoms with Crippen LogP contribution in [0.25, 0.3) is 0 Å². The summed E-state index contributed by atoms with van der Waals surface area (Å²) >= 11 is 0. The average molecular weight is 222 g/mol. The Morgan fingerprint density at radius 2 is 2.00 bits per heavy atom. The van der Waals surface area contributed by atoms with Gasteiger partial charge in [0, 0.05) is 18.2 Å². The second kappa shape index (κ2) is 5.85. The summed E-state index contributed by atoms with van der Waals surface area (Å²) in [4.78, 5) is 4.38. The molecule has 0 saturated heterocycles. The van der Waals surface area contributed by atoms with Crippen LogP contribution in [0.5, 0.6) is 5.88 Å². The lowest BCUT2D eigenvalue weighted by molar-refractivity contribution is 0.326. The Hall–Kier alpha value is -1.09. The highest BCUT2D eigenvalue weighted by atomic mass is 16.5. The van der Waals surface area contributed by atoms with Crippen LogP contribution in [0.15, 0.2) is 18.2 Å². The van der Waals surface area contributed by atoms with Gasteiger partial charge >= 0.3 is 0 Å². The zero-order valence-corrected chi connectivity index (χ0v) is 10.7. The van der Waals surface area contributed by atoms with E-state index in [0.717, 1.165) is 25.1 Å². The Kier molecular flexibility index (Phi) is 4.74. The Morgan fingerprint density at radius 1 is 1.31 bits per heavy atom. The molecule has 0 aliphatic heterocycles. The van der Waals surface area contributed by atoms with Gasteiger partial charge in [-0.2, -0.15) is 0 Å². The van der Waals surface area contributed by atoms with Gasteiger partial charge in [-0.3, -0.25) is 0 Å². The monoisotopic (exact) mass is 222 g/mol. The fraction of sp³-hybridized carbons (Fsp3) is 0.615. The summed E-state index contributed by atoms with van der Waals surface area (Å²) in [5, 5.41) is 3.55. The second-order valence-electron chi connectivity index (χ2n) is 4.29. The largest absolute Gasteiger partial charge is 0.481 e. The first-order chi connectivity index (χ1) is 7.63. The van der Waals surface area contributed by atoms with Gasteiger partial charge in [0.1, 0.15) is 0 Å². The lowest BCUT2D eigenvalue weighted by atomic mass is 9.95. The first kappa shape index (κ1) is 13.0. The number of ether oxygens (including phenoxy) is 1. The van der Waals surface area contributed by atoms with E-state index in [0.29, 0.717) is 5.88 Å². The van der Waals surface area contributed by atoms with Crippen molar-refractivity contribution in [1.82, 2.24) is 10.3 Å². The summed E-state index contributed by atoms with van der Waals surface area (Å²) in [6, 6.07) is 5.85. The van der Waals surface area contributed by atoms with Gasteiger partial charge in [-0.05, 0) is 25.8 Å². The Labute approximate surface area is 98.2 Å². The average Bonchev–Trinajstić information content (AvgIpc) is 2.36. The summed E-state index contributed by atoms with van der Waals surface area (Å²) in [6.45, 7) is 7.44. The molecule has 1 aromatic rings. The fourth-order valence-corrected chi connectivity index (χ4v) is 1.47. The van der Waals surface area contributed by atoms with Crippen molar-refractivity contribution in [1.29, 1.82) is 0 Å². The van der Waals surface area contributed by atoms with Gasteiger partial charge < -0.3 is 10.1 Å². The summed E-state index contributed by atoms with van der Waals surface area (Å²) in [7, 11) is 1.64. The number of methoxy groups -OCH3 is 1. The van der Waals surface area contributed by atoms with E-state index >= 15 is 0 Å². The standard InChI is InChI=1S/C13H22N2O/c1-5-13(3,6-2)14-10-11-8-7-9-12(15-11)16-4/h7-9,14H,5-6,10H2,1-4H3. The molecule has 0 fully saturated rings. The zero-order chi connectivity index (χ0) is 12.0. The van der Waals surface area contributed by atoms with E-state index in [1.807, 2.05) is 18.2 Å². The molecule has 1 heterocycles. The van der Waals surface area contributed by atoms with E-state index in [-0.39, 0.29) is 5.54 Å². The molecule has 0 saturated carbocycles. The maximum Gasteiger partial charge on any atom is 0.213 e. The van der Waals surface area contributed by atoms with Crippen LogP contribution in [0.3, 0.4) is 0 Å². The maximum absolute atomic E-state index is 5.10. The number of rotatable bonds is 6. The van der Waals surface area contributed by atoms with Gasteiger partial charge in [0.25, 0.3) is 0 Å². The summed E-state index contributed by atoms with van der Waals surface area (Å²) < 4.78 is 5.10. The minimum absolute atomic E-state index is 0.199. The van der Waals surface area contributed by atoms with E-state index in [9.17, 15) is 0 Å². The Bertz CT molecular complexity index is 321. The predicted molar refractivity (Wildman–Crippen MR) is 66.6 cm³/mol. The third-order valence-corrected chi connectivity index (χ3v) is 3.25. The number of nitrogens with one attached hydrogen (secondary N) is 1. The smallest absolute Gasteiger partial charge is 0.213 e. The Morgan fingerprint density at radius 3 is 2.56 bits per heavy atom. The number of nitrogens with zero attached hydrogens (tertiary/aromatic N) is 1. The van der Waals surface area contributed by atoms with Crippen LogP contribution in [-0.4, -0.2) is 17.6 Å². The van der Waals surface area contributed by atoms with Crippen LogP contribution in [0, 0.1) is 0 Å². The SMILES string of the molecule is CCC(C)(CC)NCc1cccc(OC)n1. The number of aromatic nitrogens is 1. The summed E-state index contributed by atoms with van der Waals surface area (Å²) in [6.07, 6.45) is 2.24. The van der Waals surface area contributed by atoms with Crippen molar-refractivity contribution >= 4 is 0 Å². The van der Waals surface area contributed by atoms with Crippen LogP contribution >= 0.6 is 0 Å². The van der Waals surface area contributed by atoms with Crippen LogP contribution in [0.1, 0.15) is 39.3 Å². The molecule has 0 radical (unpaired) electrons. The van der Waals surface area contributed by atoms with Crippen molar-refractivity contribution in [2.45, 2.75) is 45.7 Å². The topological polar surface area (TPSA) is 34.1 Å². The molecule has 0 amide bonds. The lowest BCUT2D eigenvalue weighted by Crippen LogP contribution is -2.40. The third-order valence-electron chi connectivity index (χ3n) is 3.25. The highest BCUT2D eigenvalue weighted by molar-refractivity contribution is 5.15. The van der Waals surface area contributed by atoms with E-state index in [1.165, 1.54) is 0 Å². The van der Waals surface area contributed by atoms with Gasteiger partial charge in [0.2, 0.25) is 5.88 Å². The first-order valence-electron chi connectivity index (χ1n) is 5.88. The molecule has 0 aliphatic carbocycles. The molecule has 0 bridgehead atoms. The normalized spacial score (nSPS) is 11.5. The van der Waals surface area contributed by atoms with Crippen molar-refractivity contribution in [3.8, 4) is 5.88 Å². The Balaban J connectivity index is 2.60. The molecule has 1 N–H and O–H groups in total.